The molecule has 0 spiro atoms. The van der Waals surface area contributed by atoms with Gasteiger partial charge in [0.1, 0.15) is 12.4 Å². The molecule has 2 heterocycles. The van der Waals surface area contributed by atoms with Gasteiger partial charge in [-0.05, 0) is 49.2 Å². The van der Waals surface area contributed by atoms with E-state index in [-0.39, 0.29) is 6.61 Å². The molecule has 0 aliphatic rings. The van der Waals surface area contributed by atoms with Gasteiger partial charge in [0, 0.05) is 10.6 Å². The topological polar surface area (TPSA) is 92.0 Å². The Bertz CT molecular complexity index is 1140. The number of nitrogens with zero attached hydrogens (tertiary/aromatic N) is 4. The van der Waals surface area contributed by atoms with Gasteiger partial charge < -0.3 is 15.0 Å². The summed E-state index contributed by atoms with van der Waals surface area (Å²) in [6.07, 6.45) is 1.69. The van der Waals surface area contributed by atoms with Crippen molar-refractivity contribution in [2.75, 3.05) is 5.84 Å². The zero-order valence-electron chi connectivity index (χ0n) is 16.5. The maximum atomic E-state index is 6.15. The molecule has 4 aromatic rings. The van der Waals surface area contributed by atoms with Crippen LogP contribution in [-0.2, 0) is 12.4 Å². The quantitative estimate of drug-likeness (QED) is 0.325. The molecule has 0 aliphatic carbocycles. The fourth-order valence-electron chi connectivity index (χ4n) is 2.92. The Morgan fingerprint density at radius 3 is 2.57 bits per heavy atom. The molecule has 0 aliphatic heterocycles. The second-order valence-corrected chi connectivity index (χ2v) is 8.07. The van der Waals surface area contributed by atoms with Crippen LogP contribution in [0.3, 0.4) is 0 Å². The number of nitrogens with two attached hydrogens (primary N) is 1. The van der Waals surface area contributed by atoms with Crippen molar-refractivity contribution in [3.8, 4) is 17.1 Å². The summed E-state index contributed by atoms with van der Waals surface area (Å²) in [5.41, 5.74) is 3.04. The number of thioether (sulfide) groups is 1. The number of nitrogen functional groups attached to an aromatic ring is 1. The van der Waals surface area contributed by atoms with Crippen LogP contribution in [0.25, 0.3) is 11.3 Å². The van der Waals surface area contributed by atoms with E-state index in [4.69, 9.17) is 26.6 Å². The maximum Gasteiger partial charge on any atom is 0.210 e. The molecule has 2 aromatic carbocycles. The number of halogens is 1. The van der Waals surface area contributed by atoms with E-state index < -0.39 is 0 Å². The van der Waals surface area contributed by atoms with Gasteiger partial charge in [0.15, 0.2) is 11.6 Å². The highest BCUT2D eigenvalue weighted by atomic mass is 35.5. The van der Waals surface area contributed by atoms with E-state index in [0.717, 1.165) is 22.4 Å². The lowest BCUT2D eigenvalue weighted by atomic mass is 10.1. The van der Waals surface area contributed by atoms with Crippen LogP contribution in [0.4, 0.5) is 0 Å². The van der Waals surface area contributed by atoms with Gasteiger partial charge in [-0.2, -0.15) is 0 Å². The van der Waals surface area contributed by atoms with Gasteiger partial charge in [-0.15, -0.1) is 10.2 Å². The molecule has 30 heavy (non-hydrogen) atoms. The summed E-state index contributed by atoms with van der Waals surface area (Å²) in [6, 6.07) is 13.4. The SMILES string of the molecule is Cc1cccc(C)c1OCc1nnc(SCc2ncc(-c3ccc(Cl)cc3)o2)n1N. The zero-order chi connectivity index (χ0) is 21.1. The van der Waals surface area contributed by atoms with Crippen LogP contribution in [0.5, 0.6) is 5.75 Å². The lowest BCUT2D eigenvalue weighted by molar-refractivity contribution is 0.288. The van der Waals surface area contributed by atoms with Crippen molar-refractivity contribution in [3.05, 3.63) is 76.5 Å². The van der Waals surface area contributed by atoms with Crippen molar-refractivity contribution in [2.45, 2.75) is 31.4 Å². The van der Waals surface area contributed by atoms with Gasteiger partial charge in [-0.3, -0.25) is 0 Å². The second kappa shape index (κ2) is 8.81. The Morgan fingerprint density at radius 2 is 1.83 bits per heavy atom. The smallest absolute Gasteiger partial charge is 0.210 e. The number of para-hydroxylation sites is 1. The van der Waals surface area contributed by atoms with E-state index in [0.29, 0.717) is 33.4 Å². The molecule has 2 N–H and O–H groups in total. The van der Waals surface area contributed by atoms with Crippen molar-refractivity contribution in [2.24, 2.45) is 0 Å². The predicted molar refractivity (Wildman–Crippen MR) is 117 cm³/mol. The molecular weight excluding hydrogens is 422 g/mol. The molecular formula is C21H20ClN5O2S. The highest BCUT2D eigenvalue weighted by Crippen LogP contribution is 2.27. The minimum absolute atomic E-state index is 0.232. The Labute approximate surface area is 183 Å². The molecule has 154 valence electrons. The fourth-order valence-corrected chi connectivity index (χ4v) is 3.77. The monoisotopic (exact) mass is 441 g/mol. The van der Waals surface area contributed by atoms with Crippen molar-refractivity contribution >= 4 is 23.4 Å². The average molecular weight is 442 g/mol. The number of rotatable bonds is 7. The first-order valence-corrected chi connectivity index (χ1v) is 10.6. The van der Waals surface area contributed by atoms with E-state index in [1.165, 1.54) is 16.4 Å². The Hall–Kier alpha value is -2.97. The third-order valence-electron chi connectivity index (χ3n) is 4.50. The number of ether oxygens (including phenoxy) is 1. The third-order valence-corrected chi connectivity index (χ3v) is 5.68. The fraction of sp³-hybridized carbons (Fsp3) is 0.190. The number of hydrogen-bond donors (Lipinski definition) is 1. The van der Waals surface area contributed by atoms with Gasteiger partial charge in [-0.25, -0.2) is 9.66 Å². The number of benzene rings is 2. The van der Waals surface area contributed by atoms with E-state index in [1.807, 2.05) is 56.3 Å². The zero-order valence-corrected chi connectivity index (χ0v) is 18.1. The minimum Gasteiger partial charge on any atom is -0.485 e. The molecule has 0 bridgehead atoms. The normalized spacial score (nSPS) is 11.0. The number of aromatic nitrogens is 4. The molecule has 7 nitrogen and oxygen atoms in total. The molecule has 0 unspecified atom stereocenters. The van der Waals surface area contributed by atoms with Crippen LogP contribution in [0.15, 0.2) is 58.2 Å². The van der Waals surface area contributed by atoms with Crippen LogP contribution < -0.4 is 10.6 Å². The molecule has 0 saturated carbocycles. The molecule has 2 aromatic heterocycles. The third kappa shape index (κ3) is 4.44. The first-order chi connectivity index (χ1) is 14.5. The Morgan fingerprint density at radius 1 is 1.10 bits per heavy atom. The summed E-state index contributed by atoms with van der Waals surface area (Å²) in [6.45, 7) is 4.24. The number of hydrogen-bond acceptors (Lipinski definition) is 7. The standard InChI is InChI=1S/C21H20ClN5O2S/c1-13-4-3-5-14(2)20(13)28-11-18-25-26-21(27(18)23)30-12-19-24-10-17(29-19)15-6-8-16(22)9-7-15/h3-10H,11-12,23H2,1-2H3. The first kappa shape index (κ1) is 20.3. The largest absolute Gasteiger partial charge is 0.485 e. The summed E-state index contributed by atoms with van der Waals surface area (Å²) >= 11 is 7.32. The summed E-state index contributed by atoms with van der Waals surface area (Å²) < 4.78 is 13.2. The van der Waals surface area contributed by atoms with E-state index in [9.17, 15) is 0 Å². The second-order valence-electron chi connectivity index (χ2n) is 6.69. The van der Waals surface area contributed by atoms with Gasteiger partial charge in [-0.1, -0.05) is 41.6 Å². The molecule has 0 saturated heterocycles. The van der Waals surface area contributed by atoms with Crippen molar-refractivity contribution in [1.82, 2.24) is 19.9 Å². The average Bonchev–Trinajstić information content (AvgIpc) is 3.34. The molecule has 0 fully saturated rings. The summed E-state index contributed by atoms with van der Waals surface area (Å²) in [5, 5.41) is 9.52. The van der Waals surface area contributed by atoms with E-state index in [2.05, 4.69) is 15.2 Å². The van der Waals surface area contributed by atoms with Gasteiger partial charge in [0.25, 0.3) is 0 Å². The van der Waals surface area contributed by atoms with Crippen LogP contribution in [0, 0.1) is 13.8 Å². The lowest BCUT2D eigenvalue weighted by Gasteiger charge is -2.11. The van der Waals surface area contributed by atoms with E-state index >= 15 is 0 Å². The Balaban J connectivity index is 1.38. The van der Waals surface area contributed by atoms with Crippen molar-refractivity contribution < 1.29 is 9.15 Å². The van der Waals surface area contributed by atoms with Gasteiger partial charge in [0.2, 0.25) is 11.0 Å². The van der Waals surface area contributed by atoms with E-state index in [1.54, 1.807) is 6.20 Å². The maximum absolute atomic E-state index is 6.15. The van der Waals surface area contributed by atoms with Gasteiger partial charge >= 0.3 is 0 Å². The first-order valence-electron chi connectivity index (χ1n) is 9.23. The highest BCUT2D eigenvalue weighted by molar-refractivity contribution is 7.98. The number of oxazole rings is 1. The molecule has 0 atom stereocenters. The Kier molecular flexibility index (Phi) is 5.96. The van der Waals surface area contributed by atoms with Crippen LogP contribution in [0.1, 0.15) is 22.8 Å². The summed E-state index contributed by atoms with van der Waals surface area (Å²) in [5.74, 6) is 9.24. The van der Waals surface area contributed by atoms with Crippen LogP contribution >= 0.6 is 23.4 Å². The van der Waals surface area contributed by atoms with Crippen molar-refractivity contribution in [3.63, 3.8) is 0 Å². The predicted octanol–water partition coefficient (Wildman–Crippen LogP) is 4.79. The summed E-state index contributed by atoms with van der Waals surface area (Å²) in [7, 11) is 0. The minimum atomic E-state index is 0.232. The molecule has 4 rings (SSSR count). The lowest BCUT2D eigenvalue weighted by Crippen LogP contribution is -2.16. The number of aryl methyl sites for hydroxylation is 2. The van der Waals surface area contributed by atoms with Gasteiger partial charge in [0.05, 0.1) is 11.9 Å². The van der Waals surface area contributed by atoms with Crippen molar-refractivity contribution in [1.29, 1.82) is 0 Å². The highest BCUT2D eigenvalue weighted by Gasteiger charge is 2.14. The summed E-state index contributed by atoms with van der Waals surface area (Å²) in [4.78, 5) is 4.32. The molecule has 0 amide bonds. The van der Waals surface area contributed by atoms with Crippen LogP contribution in [-0.4, -0.2) is 19.9 Å². The van der Waals surface area contributed by atoms with Crippen LogP contribution in [0.2, 0.25) is 5.02 Å². The molecule has 0 radical (unpaired) electrons. The molecule has 9 heteroatoms.